The van der Waals surface area contributed by atoms with E-state index in [9.17, 15) is 23.2 Å². The molecule has 5 rings (SSSR count). The highest BCUT2D eigenvalue weighted by Gasteiger charge is 2.19. The highest BCUT2D eigenvalue weighted by Crippen LogP contribution is 2.20. The molecule has 0 saturated carbocycles. The molecule has 0 atom stereocenters. The second-order valence-corrected chi connectivity index (χ2v) is 8.60. The van der Waals surface area contributed by atoms with E-state index in [0.717, 1.165) is 10.6 Å². The van der Waals surface area contributed by atoms with Crippen molar-refractivity contribution in [2.75, 3.05) is 0 Å². The molecular weight excluding hydrogens is 494 g/mol. The molecule has 10 heteroatoms. The smallest absolute Gasteiger partial charge is 0.333 e. The minimum atomic E-state index is -1.07. The molecule has 5 aromatic rings. The number of aromatic amines is 1. The summed E-state index contributed by atoms with van der Waals surface area (Å²) < 4.78 is 29.9. The van der Waals surface area contributed by atoms with Crippen molar-refractivity contribution in [3.05, 3.63) is 128 Å². The molecule has 0 spiro atoms. The third-order valence-electron chi connectivity index (χ3n) is 5.93. The molecule has 0 aliphatic carbocycles. The topological polar surface area (TPSA) is 110 Å². The van der Waals surface area contributed by atoms with Gasteiger partial charge in [-0.3, -0.25) is 13.9 Å². The van der Waals surface area contributed by atoms with E-state index in [1.54, 1.807) is 36.4 Å². The lowest BCUT2D eigenvalue weighted by Gasteiger charge is -2.12. The maximum absolute atomic E-state index is 13.9. The molecule has 0 amide bonds. The molecule has 8 nitrogen and oxygen atoms in total. The molecule has 190 valence electrons. The van der Waals surface area contributed by atoms with Crippen molar-refractivity contribution in [3.63, 3.8) is 0 Å². The molecular formula is C28H20F2N4O4. The Morgan fingerprint density at radius 3 is 2.08 bits per heavy atom. The number of aliphatic carboxylic acids is 1. The lowest BCUT2D eigenvalue weighted by Crippen LogP contribution is -2.40. The first-order chi connectivity index (χ1) is 18.3. The number of imidazole rings is 1. The summed E-state index contributed by atoms with van der Waals surface area (Å²) >= 11 is 0. The van der Waals surface area contributed by atoms with Gasteiger partial charge in [0.15, 0.2) is 5.52 Å². The standard InChI is InChI=1S/C28H20F2N4O4/c29-21-5-1-3-18(13-21)15-33-26-24(27(37)34(28(33)38)16-19-4-2-6-22(30)14-19)31-25(32-26)20-10-7-17(8-11-20)9-12-23(35)36/h1-14H,15-16H2,(H,31,32)(H,35,36). The van der Waals surface area contributed by atoms with Crippen LogP contribution < -0.4 is 11.2 Å². The molecule has 0 radical (unpaired) electrons. The molecule has 2 heterocycles. The largest absolute Gasteiger partial charge is 0.478 e. The SMILES string of the molecule is O=C(O)C=Cc1ccc(-c2nc3c(=O)n(Cc4cccc(F)c4)c(=O)n(Cc4cccc(F)c4)c3[nH]2)cc1. The number of aromatic nitrogens is 4. The molecule has 0 bridgehead atoms. The third-order valence-corrected chi connectivity index (χ3v) is 5.93. The Labute approximate surface area is 213 Å². The van der Waals surface area contributed by atoms with Crippen LogP contribution in [0.15, 0.2) is 88.5 Å². The highest BCUT2D eigenvalue weighted by molar-refractivity contribution is 5.85. The Kier molecular flexibility index (Phi) is 6.53. The number of carboxylic acids is 1. The molecule has 3 aromatic carbocycles. The van der Waals surface area contributed by atoms with Gasteiger partial charge in [0.05, 0.1) is 13.1 Å². The van der Waals surface area contributed by atoms with Crippen LogP contribution >= 0.6 is 0 Å². The van der Waals surface area contributed by atoms with Crippen LogP contribution in [0.4, 0.5) is 8.78 Å². The fourth-order valence-corrected chi connectivity index (χ4v) is 4.14. The maximum Gasteiger partial charge on any atom is 0.333 e. The van der Waals surface area contributed by atoms with Crippen LogP contribution in [-0.2, 0) is 17.9 Å². The number of nitrogens with zero attached hydrogens (tertiary/aromatic N) is 3. The zero-order valence-electron chi connectivity index (χ0n) is 19.8. The van der Waals surface area contributed by atoms with Crippen LogP contribution in [0.5, 0.6) is 0 Å². The summed E-state index contributed by atoms with van der Waals surface area (Å²) in [5.74, 6) is -1.73. The fraction of sp³-hybridized carbons (Fsp3) is 0.0714. The van der Waals surface area contributed by atoms with E-state index in [2.05, 4.69) is 9.97 Å². The van der Waals surface area contributed by atoms with E-state index < -0.39 is 28.9 Å². The van der Waals surface area contributed by atoms with Crippen molar-refractivity contribution in [2.24, 2.45) is 0 Å². The van der Waals surface area contributed by atoms with Crippen LogP contribution in [0, 0.1) is 11.6 Å². The number of fused-ring (bicyclic) bond motifs is 1. The molecule has 2 aromatic heterocycles. The summed E-state index contributed by atoms with van der Waals surface area (Å²) in [5, 5.41) is 8.81. The third kappa shape index (κ3) is 5.05. The summed E-state index contributed by atoms with van der Waals surface area (Å²) in [6.45, 7) is -0.224. The van der Waals surface area contributed by atoms with Gasteiger partial charge in [0.2, 0.25) is 0 Å². The summed E-state index contributed by atoms with van der Waals surface area (Å²) in [4.78, 5) is 45.2. The Hall–Kier alpha value is -5.12. The predicted octanol–water partition coefficient (Wildman–Crippen LogP) is 4.03. The lowest BCUT2D eigenvalue weighted by molar-refractivity contribution is -0.131. The van der Waals surface area contributed by atoms with Gasteiger partial charge in [-0.2, -0.15) is 0 Å². The van der Waals surface area contributed by atoms with Crippen LogP contribution in [0.3, 0.4) is 0 Å². The molecule has 2 N–H and O–H groups in total. The monoisotopic (exact) mass is 514 g/mol. The van der Waals surface area contributed by atoms with Crippen LogP contribution in [0.25, 0.3) is 28.6 Å². The van der Waals surface area contributed by atoms with Crippen molar-refractivity contribution >= 4 is 23.2 Å². The van der Waals surface area contributed by atoms with Gasteiger partial charge in [0, 0.05) is 11.6 Å². The lowest BCUT2D eigenvalue weighted by atomic mass is 10.1. The van der Waals surface area contributed by atoms with Gasteiger partial charge >= 0.3 is 11.7 Å². The summed E-state index contributed by atoms with van der Waals surface area (Å²) in [6.07, 6.45) is 2.45. The van der Waals surface area contributed by atoms with Gasteiger partial charge < -0.3 is 10.1 Å². The highest BCUT2D eigenvalue weighted by atomic mass is 19.1. The molecule has 0 aliphatic heterocycles. The number of rotatable bonds is 7. The molecule has 0 aliphatic rings. The van der Waals surface area contributed by atoms with E-state index in [1.165, 1.54) is 47.0 Å². The minimum absolute atomic E-state index is 0.0118. The predicted molar refractivity (Wildman–Crippen MR) is 138 cm³/mol. The Bertz CT molecular complexity index is 1820. The number of hydrogen-bond donors (Lipinski definition) is 2. The summed E-state index contributed by atoms with van der Waals surface area (Å²) in [7, 11) is 0. The van der Waals surface area contributed by atoms with E-state index in [0.29, 0.717) is 28.1 Å². The average molecular weight is 514 g/mol. The van der Waals surface area contributed by atoms with Crippen LogP contribution in [0.2, 0.25) is 0 Å². The zero-order chi connectivity index (χ0) is 26.8. The molecule has 0 saturated heterocycles. The summed E-state index contributed by atoms with van der Waals surface area (Å²) in [5.41, 5.74) is 0.972. The first kappa shape index (κ1) is 24.6. The van der Waals surface area contributed by atoms with Gasteiger partial charge in [-0.25, -0.2) is 23.4 Å². The van der Waals surface area contributed by atoms with Crippen LogP contribution in [0.1, 0.15) is 16.7 Å². The number of hydrogen-bond acceptors (Lipinski definition) is 4. The fourth-order valence-electron chi connectivity index (χ4n) is 4.14. The van der Waals surface area contributed by atoms with E-state index >= 15 is 0 Å². The van der Waals surface area contributed by atoms with E-state index in [1.807, 2.05) is 0 Å². The van der Waals surface area contributed by atoms with Gasteiger partial charge in [0.25, 0.3) is 5.56 Å². The van der Waals surface area contributed by atoms with E-state index in [-0.39, 0.29) is 24.3 Å². The molecule has 0 unspecified atom stereocenters. The van der Waals surface area contributed by atoms with E-state index in [4.69, 9.17) is 5.11 Å². The van der Waals surface area contributed by atoms with Gasteiger partial charge in [-0.15, -0.1) is 0 Å². The number of nitrogens with one attached hydrogen (secondary N) is 1. The van der Waals surface area contributed by atoms with Crippen molar-refractivity contribution < 1.29 is 18.7 Å². The number of halogens is 2. The van der Waals surface area contributed by atoms with Gasteiger partial charge in [0.1, 0.15) is 23.1 Å². The van der Waals surface area contributed by atoms with Gasteiger partial charge in [-0.1, -0.05) is 48.5 Å². The maximum atomic E-state index is 13.9. The zero-order valence-corrected chi connectivity index (χ0v) is 19.8. The number of carboxylic acid groups (broad SMARTS) is 1. The van der Waals surface area contributed by atoms with Crippen molar-refractivity contribution in [2.45, 2.75) is 13.1 Å². The number of carbonyl (C=O) groups is 1. The number of benzene rings is 3. The van der Waals surface area contributed by atoms with Crippen molar-refractivity contribution in [1.82, 2.24) is 19.1 Å². The Morgan fingerprint density at radius 2 is 1.50 bits per heavy atom. The Balaban J connectivity index is 1.65. The number of H-pyrrole nitrogens is 1. The minimum Gasteiger partial charge on any atom is -0.478 e. The first-order valence-electron chi connectivity index (χ1n) is 11.5. The second-order valence-electron chi connectivity index (χ2n) is 8.60. The van der Waals surface area contributed by atoms with Gasteiger partial charge in [-0.05, 0) is 47.0 Å². The normalized spacial score (nSPS) is 11.4. The Morgan fingerprint density at radius 1 is 0.895 bits per heavy atom. The molecule has 38 heavy (non-hydrogen) atoms. The first-order valence-corrected chi connectivity index (χ1v) is 11.5. The van der Waals surface area contributed by atoms with Crippen molar-refractivity contribution in [1.29, 1.82) is 0 Å². The second kappa shape index (κ2) is 10.1. The quantitative estimate of drug-likeness (QED) is 0.319. The van der Waals surface area contributed by atoms with Crippen molar-refractivity contribution in [3.8, 4) is 11.4 Å². The summed E-state index contributed by atoms with van der Waals surface area (Å²) in [6, 6.07) is 18.1. The van der Waals surface area contributed by atoms with Crippen LogP contribution in [-0.4, -0.2) is 30.2 Å². The average Bonchev–Trinajstić information content (AvgIpc) is 3.34. The molecule has 0 fully saturated rings.